The van der Waals surface area contributed by atoms with Crippen LogP contribution in [0.3, 0.4) is 0 Å². The van der Waals surface area contributed by atoms with Gasteiger partial charge in [-0.05, 0) is 34.4 Å². The van der Waals surface area contributed by atoms with Gasteiger partial charge in [-0.3, -0.25) is 0 Å². The maximum atomic E-state index is 6.17. The molecule has 104 valence electrons. The summed E-state index contributed by atoms with van der Waals surface area (Å²) in [5, 5.41) is 4.51. The smallest absolute Gasteiger partial charge is 0.177 e. The molecule has 1 aliphatic rings. The zero-order valence-electron chi connectivity index (χ0n) is 11.7. The quantitative estimate of drug-likeness (QED) is 0.353. The van der Waals surface area contributed by atoms with Crippen LogP contribution in [0.5, 0.6) is 23.0 Å². The minimum Gasteiger partial charge on any atom is -0.449 e. The standard InChI is InChI=1S/C20H12O2/c1-2-7-15-12-19-18(11-14(15)6-1)21-17-10-9-13-5-3-4-8-16(13)20(17)22-19/h1-12H. The summed E-state index contributed by atoms with van der Waals surface area (Å²) in [7, 11) is 0. The number of ether oxygens (including phenoxy) is 2. The van der Waals surface area contributed by atoms with Gasteiger partial charge in [0, 0.05) is 5.39 Å². The molecule has 2 heteroatoms. The Hall–Kier alpha value is -3.00. The molecule has 0 bridgehead atoms. The summed E-state index contributed by atoms with van der Waals surface area (Å²) in [6, 6.07) is 24.5. The molecule has 0 spiro atoms. The predicted octanol–water partition coefficient (Wildman–Crippen LogP) is 5.89. The second-order valence-electron chi connectivity index (χ2n) is 5.46. The minimum absolute atomic E-state index is 0.765. The molecule has 2 nitrogen and oxygen atoms in total. The third kappa shape index (κ3) is 1.61. The maximum Gasteiger partial charge on any atom is 0.177 e. The largest absolute Gasteiger partial charge is 0.449 e. The summed E-state index contributed by atoms with van der Waals surface area (Å²) in [5.74, 6) is 3.09. The minimum atomic E-state index is 0.765. The van der Waals surface area contributed by atoms with E-state index in [1.54, 1.807) is 0 Å². The second kappa shape index (κ2) is 4.25. The first-order chi connectivity index (χ1) is 10.9. The number of rotatable bonds is 0. The Balaban J connectivity index is 1.75. The fourth-order valence-corrected chi connectivity index (χ4v) is 3.00. The molecular formula is C20H12O2. The van der Waals surface area contributed by atoms with Gasteiger partial charge in [0.25, 0.3) is 0 Å². The highest BCUT2D eigenvalue weighted by Crippen LogP contribution is 2.49. The Morgan fingerprint density at radius 2 is 1.14 bits per heavy atom. The average Bonchev–Trinajstić information content (AvgIpc) is 2.58. The maximum absolute atomic E-state index is 6.17. The van der Waals surface area contributed by atoms with Crippen molar-refractivity contribution in [2.24, 2.45) is 0 Å². The van der Waals surface area contributed by atoms with Crippen LogP contribution in [0.4, 0.5) is 0 Å². The fraction of sp³-hybridized carbons (Fsp3) is 0. The topological polar surface area (TPSA) is 18.5 Å². The van der Waals surface area contributed by atoms with E-state index in [0.29, 0.717) is 0 Å². The highest BCUT2D eigenvalue weighted by molar-refractivity contribution is 5.93. The van der Waals surface area contributed by atoms with Crippen molar-refractivity contribution in [1.29, 1.82) is 0 Å². The van der Waals surface area contributed by atoms with Crippen LogP contribution in [0, 0.1) is 0 Å². The predicted molar refractivity (Wildman–Crippen MR) is 88.0 cm³/mol. The normalized spacial score (nSPS) is 12.4. The molecule has 0 aromatic heterocycles. The molecular weight excluding hydrogens is 272 g/mol. The zero-order valence-corrected chi connectivity index (χ0v) is 11.7. The van der Waals surface area contributed by atoms with Crippen molar-refractivity contribution < 1.29 is 9.47 Å². The molecule has 0 saturated heterocycles. The molecule has 0 saturated carbocycles. The molecule has 5 rings (SSSR count). The Morgan fingerprint density at radius 1 is 0.500 bits per heavy atom. The van der Waals surface area contributed by atoms with Gasteiger partial charge >= 0.3 is 0 Å². The van der Waals surface area contributed by atoms with Crippen LogP contribution >= 0.6 is 0 Å². The molecule has 0 fully saturated rings. The molecule has 22 heavy (non-hydrogen) atoms. The van der Waals surface area contributed by atoms with E-state index >= 15 is 0 Å². The van der Waals surface area contributed by atoms with Gasteiger partial charge in [-0.1, -0.05) is 54.6 Å². The Kier molecular flexibility index (Phi) is 2.25. The first kappa shape index (κ1) is 11.6. The van der Waals surface area contributed by atoms with Crippen LogP contribution in [-0.2, 0) is 0 Å². The van der Waals surface area contributed by atoms with Gasteiger partial charge < -0.3 is 9.47 Å². The molecule has 0 unspecified atom stereocenters. The first-order valence-electron chi connectivity index (χ1n) is 7.29. The van der Waals surface area contributed by atoms with Crippen LogP contribution in [0.15, 0.2) is 72.8 Å². The zero-order chi connectivity index (χ0) is 14.5. The molecule has 0 radical (unpaired) electrons. The lowest BCUT2D eigenvalue weighted by Crippen LogP contribution is -1.99. The van der Waals surface area contributed by atoms with E-state index < -0.39 is 0 Å². The van der Waals surface area contributed by atoms with E-state index in [0.717, 1.165) is 44.5 Å². The monoisotopic (exact) mass is 284 g/mol. The summed E-state index contributed by atoms with van der Waals surface area (Å²) < 4.78 is 12.2. The van der Waals surface area contributed by atoms with Crippen molar-refractivity contribution in [2.75, 3.05) is 0 Å². The second-order valence-corrected chi connectivity index (χ2v) is 5.46. The van der Waals surface area contributed by atoms with E-state index in [9.17, 15) is 0 Å². The van der Waals surface area contributed by atoms with Gasteiger partial charge in [-0.15, -0.1) is 0 Å². The fourth-order valence-electron chi connectivity index (χ4n) is 3.00. The van der Waals surface area contributed by atoms with E-state index in [1.807, 2.05) is 42.5 Å². The lowest BCUT2D eigenvalue weighted by molar-refractivity contribution is 0.364. The van der Waals surface area contributed by atoms with Crippen molar-refractivity contribution in [3.05, 3.63) is 72.8 Å². The molecule has 0 atom stereocenters. The highest BCUT2D eigenvalue weighted by Gasteiger charge is 2.21. The Labute approximate surface area is 127 Å². The van der Waals surface area contributed by atoms with Crippen molar-refractivity contribution in [3.8, 4) is 23.0 Å². The average molecular weight is 284 g/mol. The molecule has 0 amide bonds. The van der Waals surface area contributed by atoms with Crippen LogP contribution in [-0.4, -0.2) is 0 Å². The molecule has 0 aliphatic carbocycles. The lowest BCUT2D eigenvalue weighted by atomic mass is 10.1. The van der Waals surface area contributed by atoms with Crippen molar-refractivity contribution in [1.82, 2.24) is 0 Å². The van der Waals surface area contributed by atoms with Crippen molar-refractivity contribution in [2.45, 2.75) is 0 Å². The van der Waals surface area contributed by atoms with Gasteiger partial charge in [0.05, 0.1) is 0 Å². The van der Waals surface area contributed by atoms with Gasteiger partial charge in [-0.2, -0.15) is 0 Å². The van der Waals surface area contributed by atoms with Crippen LogP contribution in [0.25, 0.3) is 21.5 Å². The van der Waals surface area contributed by atoms with Crippen LogP contribution in [0.2, 0.25) is 0 Å². The van der Waals surface area contributed by atoms with Crippen LogP contribution < -0.4 is 9.47 Å². The number of benzene rings is 4. The summed E-state index contributed by atoms with van der Waals surface area (Å²) in [6.45, 7) is 0. The molecule has 4 aromatic carbocycles. The Bertz CT molecular complexity index is 1030. The SMILES string of the molecule is c1ccc2cc3c(cc2c1)Oc1ccc2ccccc2c1O3. The number of fused-ring (bicyclic) bond motifs is 5. The summed E-state index contributed by atoms with van der Waals surface area (Å²) >= 11 is 0. The van der Waals surface area contributed by atoms with Gasteiger partial charge in [0.1, 0.15) is 0 Å². The lowest BCUT2D eigenvalue weighted by Gasteiger charge is -2.22. The van der Waals surface area contributed by atoms with Crippen molar-refractivity contribution >= 4 is 21.5 Å². The third-order valence-electron chi connectivity index (χ3n) is 4.09. The summed E-state index contributed by atoms with van der Waals surface area (Å²) in [4.78, 5) is 0. The Morgan fingerprint density at radius 3 is 1.91 bits per heavy atom. The van der Waals surface area contributed by atoms with Gasteiger partial charge in [0.2, 0.25) is 0 Å². The molecule has 4 aromatic rings. The van der Waals surface area contributed by atoms with E-state index in [1.165, 1.54) is 0 Å². The van der Waals surface area contributed by atoms with E-state index in [2.05, 4.69) is 30.3 Å². The highest BCUT2D eigenvalue weighted by atomic mass is 16.6. The van der Waals surface area contributed by atoms with E-state index in [-0.39, 0.29) is 0 Å². The molecule has 1 aliphatic heterocycles. The van der Waals surface area contributed by atoms with Crippen molar-refractivity contribution in [3.63, 3.8) is 0 Å². The van der Waals surface area contributed by atoms with Gasteiger partial charge in [0.15, 0.2) is 23.0 Å². The number of hydrogen-bond acceptors (Lipinski definition) is 2. The van der Waals surface area contributed by atoms with Crippen LogP contribution in [0.1, 0.15) is 0 Å². The molecule has 1 heterocycles. The summed E-state index contributed by atoms with van der Waals surface area (Å²) in [5.41, 5.74) is 0. The third-order valence-corrected chi connectivity index (χ3v) is 4.09. The van der Waals surface area contributed by atoms with E-state index in [4.69, 9.17) is 9.47 Å². The summed E-state index contributed by atoms with van der Waals surface area (Å²) in [6.07, 6.45) is 0. The number of hydrogen-bond donors (Lipinski definition) is 0. The first-order valence-corrected chi connectivity index (χ1v) is 7.29. The molecule has 0 N–H and O–H groups in total. The van der Waals surface area contributed by atoms with Gasteiger partial charge in [-0.25, -0.2) is 0 Å².